The number of phosphoric acid groups is 3. The summed E-state index contributed by atoms with van der Waals surface area (Å²) in [5.74, 6) is 1.52. The number of alkyl halides is 1. The fourth-order valence-corrected chi connectivity index (χ4v) is 5.62. The van der Waals surface area contributed by atoms with E-state index in [9.17, 15) is 42.4 Å². The molecule has 0 spiro atoms. The molecule has 1 aliphatic heterocycles. The molecule has 0 amide bonds. The molecule has 2 heterocycles. The van der Waals surface area contributed by atoms with E-state index in [2.05, 4.69) is 18.1 Å². The van der Waals surface area contributed by atoms with Gasteiger partial charge in [0.25, 0.3) is 0 Å². The van der Waals surface area contributed by atoms with Crippen molar-refractivity contribution in [3.63, 3.8) is 0 Å². The highest BCUT2D eigenvalue weighted by atomic mass is 31.3. The molecule has 0 radical (unpaired) electrons. The fraction of sp³-hybridized carbons (Fsp3) is 0.500. The number of anilines is 1. The van der Waals surface area contributed by atoms with Crippen LogP contribution in [-0.2, 0) is 31.6 Å². The summed E-state index contributed by atoms with van der Waals surface area (Å²) in [6.07, 6.45) is -5.86. The second kappa shape index (κ2) is 10.2. The average Bonchev–Trinajstić information content (AvgIpc) is 2.90. The van der Waals surface area contributed by atoms with Gasteiger partial charge in [-0.2, -0.15) is 13.6 Å². The Morgan fingerprint density at radius 3 is 2.41 bits per heavy atom. The van der Waals surface area contributed by atoms with Gasteiger partial charge >= 0.3 is 29.2 Å². The summed E-state index contributed by atoms with van der Waals surface area (Å²) in [7, 11) is -17.2. The van der Waals surface area contributed by atoms with Gasteiger partial charge in [-0.3, -0.25) is 9.09 Å². The van der Waals surface area contributed by atoms with Gasteiger partial charge in [0, 0.05) is 0 Å². The van der Waals surface area contributed by atoms with Crippen molar-refractivity contribution in [2.24, 2.45) is 0 Å². The number of hydrogen-bond donors (Lipinski definition) is 7. The zero-order valence-electron chi connectivity index (χ0n) is 16.2. The van der Waals surface area contributed by atoms with Crippen LogP contribution < -0.4 is 11.4 Å². The first-order valence-corrected chi connectivity index (χ1v) is 12.9. The summed E-state index contributed by atoms with van der Waals surface area (Å²) >= 11 is 0. The van der Waals surface area contributed by atoms with Crippen LogP contribution in [0.3, 0.4) is 0 Å². The molecule has 6 atom stereocenters. The summed E-state index contributed by atoms with van der Waals surface area (Å²) in [5, 5.41) is 21.1. The number of hydrogen-bond acceptors (Lipinski definition) is 12. The van der Waals surface area contributed by atoms with Crippen molar-refractivity contribution in [1.29, 1.82) is 0 Å². The molecule has 192 valence electrons. The van der Waals surface area contributed by atoms with Gasteiger partial charge in [-0.1, -0.05) is 11.8 Å². The Morgan fingerprint density at radius 1 is 1.24 bits per heavy atom. The number of aliphatic hydroxyl groups excluding tert-OH is 1. The number of ether oxygens (including phenoxy) is 1. The standard InChI is InChI=1S/C12H16F2N3O14P3/c13-3-1-2-12(20)8(18)7(29-10(12)17-4-6(14)9(15)16-11(17)19)5-28-33(24,25)31-34(26,27)30-32(21,22)23/h4,7-8,10,18,20H,3,5H2,(H,24,25)(H,26,27)(H2,15,16,19)(H2,21,22,23)/t7-,8+,10-,12?/m1/s1. The Kier molecular flexibility index (Phi) is 8.56. The average molecular weight is 557 g/mol. The number of nitrogens with zero attached hydrogens (tertiary/aromatic N) is 2. The molecule has 1 aromatic heterocycles. The highest BCUT2D eigenvalue weighted by Crippen LogP contribution is 2.66. The van der Waals surface area contributed by atoms with Crippen molar-refractivity contribution < 1.29 is 70.1 Å². The third kappa shape index (κ3) is 6.97. The van der Waals surface area contributed by atoms with E-state index in [0.29, 0.717) is 6.20 Å². The largest absolute Gasteiger partial charge is 0.490 e. The molecule has 1 fully saturated rings. The van der Waals surface area contributed by atoms with Crippen LogP contribution >= 0.6 is 23.5 Å². The van der Waals surface area contributed by atoms with Gasteiger partial charge in [-0.15, -0.1) is 0 Å². The molecular weight excluding hydrogens is 541 g/mol. The van der Waals surface area contributed by atoms with Crippen molar-refractivity contribution in [2.75, 3.05) is 19.0 Å². The Labute approximate surface area is 187 Å². The van der Waals surface area contributed by atoms with Crippen LogP contribution in [0.5, 0.6) is 0 Å². The molecular formula is C12H16F2N3O14P3. The lowest BCUT2D eigenvalue weighted by molar-refractivity contribution is -0.0765. The normalized spacial score (nSPS) is 28.5. The van der Waals surface area contributed by atoms with E-state index in [0.717, 1.165) is 0 Å². The van der Waals surface area contributed by atoms with Gasteiger partial charge < -0.3 is 40.3 Å². The number of rotatable bonds is 8. The van der Waals surface area contributed by atoms with E-state index in [1.54, 1.807) is 5.92 Å². The maximum Gasteiger partial charge on any atom is 0.490 e. The first-order chi connectivity index (χ1) is 15.4. The predicted molar refractivity (Wildman–Crippen MR) is 101 cm³/mol. The number of halogens is 2. The van der Waals surface area contributed by atoms with Crippen LogP contribution in [0.1, 0.15) is 6.23 Å². The van der Waals surface area contributed by atoms with E-state index in [1.807, 2.05) is 5.92 Å². The van der Waals surface area contributed by atoms with Crippen molar-refractivity contribution in [1.82, 2.24) is 9.55 Å². The molecule has 22 heteroatoms. The van der Waals surface area contributed by atoms with E-state index in [-0.39, 0.29) is 4.57 Å². The Bertz CT molecular complexity index is 1200. The molecule has 1 saturated heterocycles. The monoisotopic (exact) mass is 557 g/mol. The number of nitrogens with two attached hydrogens (primary N) is 1. The van der Waals surface area contributed by atoms with Crippen LogP contribution in [0, 0.1) is 17.7 Å². The van der Waals surface area contributed by atoms with Crippen LogP contribution in [0.4, 0.5) is 14.6 Å². The molecule has 2 rings (SSSR count). The van der Waals surface area contributed by atoms with E-state index in [1.165, 1.54) is 0 Å². The van der Waals surface area contributed by atoms with Gasteiger partial charge in [-0.05, 0) is 0 Å². The Balaban J connectivity index is 2.30. The molecule has 3 unspecified atom stereocenters. The quantitative estimate of drug-likeness (QED) is 0.138. The molecule has 8 N–H and O–H groups in total. The van der Waals surface area contributed by atoms with E-state index >= 15 is 0 Å². The summed E-state index contributed by atoms with van der Waals surface area (Å²) in [5.41, 5.74) is 0.978. The summed E-state index contributed by atoms with van der Waals surface area (Å²) in [6, 6.07) is 0. The molecule has 0 saturated carbocycles. The molecule has 0 aliphatic carbocycles. The van der Waals surface area contributed by atoms with E-state index < -0.39 is 78.1 Å². The fourth-order valence-electron chi connectivity index (χ4n) is 2.59. The van der Waals surface area contributed by atoms with Crippen molar-refractivity contribution in [3.8, 4) is 11.8 Å². The molecule has 1 aliphatic rings. The summed E-state index contributed by atoms with van der Waals surface area (Å²) in [6.45, 7) is -2.63. The van der Waals surface area contributed by atoms with Gasteiger partial charge in [0.15, 0.2) is 23.5 Å². The second-order valence-corrected chi connectivity index (χ2v) is 10.7. The molecule has 0 aromatic carbocycles. The number of nitrogen functional groups attached to an aromatic ring is 1. The molecule has 34 heavy (non-hydrogen) atoms. The lowest BCUT2D eigenvalue weighted by atomic mass is 9.94. The highest BCUT2D eigenvalue weighted by molar-refractivity contribution is 7.66. The van der Waals surface area contributed by atoms with Crippen molar-refractivity contribution in [2.45, 2.75) is 24.0 Å². The first kappa shape index (κ1) is 28.6. The van der Waals surface area contributed by atoms with Gasteiger partial charge in [0.2, 0.25) is 0 Å². The first-order valence-electron chi connectivity index (χ1n) is 8.35. The Morgan fingerprint density at radius 2 is 1.85 bits per heavy atom. The number of aromatic nitrogens is 2. The lowest BCUT2D eigenvalue weighted by Crippen LogP contribution is -2.48. The maximum atomic E-state index is 13.8. The SMILES string of the molecule is Nc1nc(=O)n([C@@H]2O[C@H](COP(=O)(O)OP(=O)(O)OP(=O)(O)O)[C@H](O)C2(O)C#CCF)cc1F. The molecule has 0 bridgehead atoms. The van der Waals surface area contributed by atoms with Gasteiger partial charge in [-0.25, -0.2) is 27.3 Å². The predicted octanol–water partition coefficient (Wildman–Crippen LogP) is -1.73. The van der Waals surface area contributed by atoms with Crippen LogP contribution in [0.2, 0.25) is 0 Å². The molecule has 17 nitrogen and oxygen atoms in total. The topological polar surface area (TPSA) is 270 Å². The zero-order chi connectivity index (χ0) is 26.1. The van der Waals surface area contributed by atoms with Crippen molar-refractivity contribution in [3.05, 3.63) is 22.5 Å². The lowest BCUT2D eigenvalue weighted by Gasteiger charge is -2.26. The van der Waals surface area contributed by atoms with Crippen LogP contribution in [0.15, 0.2) is 11.0 Å². The Hall–Kier alpha value is -1.61. The van der Waals surface area contributed by atoms with E-state index in [4.69, 9.17) is 25.2 Å². The number of aliphatic hydroxyl groups is 2. The number of phosphoric ester groups is 1. The van der Waals surface area contributed by atoms with Gasteiger partial charge in [0.1, 0.15) is 18.9 Å². The molecule has 1 aromatic rings. The van der Waals surface area contributed by atoms with Crippen LogP contribution in [0.25, 0.3) is 0 Å². The highest BCUT2D eigenvalue weighted by Gasteiger charge is 2.57. The van der Waals surface area contributed by atoms with Crippen molar-refractivity contribution >= 4 is 29.3 Å². The minimum atomic E-state index is -5.85. The summed E-state index contributed by atoms with van der Waals surface area (Å²) < 4.78 is 76.9. The third-order valence-electron chi connectivity index (χ3n) is 3.84. The minimum absolute atomic E-state index is 0.284. The third-order valence-corrected chi connectivity index (χ3v) is 7.65. The smallest absolute Gasteiger partial charge is 0.386 e. The maximum absolute atomic E-state index is 13.8. The minimum Gasteiger partial charge on any atom is -0.386 e. The second-order valence-electron chi connectivity index (χ2n) is 6.28. The van der Waals surface area contributed by atoms with Gasteiger partial charge in [0.05, 0.1) is 12.8 Å². The van der Waals surface area contributed by atoms with Crippen LogP contribution in [-0.4, -0.2) is 70.4 Å². The zero-order valence-corrected chi connectivity index (χ0v) is 18.9. The summed E-state index contributed by atoms with van der Waals surface area (Å²) in [4.78, 5) is 50.8.